The first-order valence-corrected chi connectivity index (χ1v) is 14.7. The topological polar surface area (TPSA) is 99.5 Å². The summed E-state index contributed by atoms with van der Waals surface area (Å²) in [7, 11) is 4.86. The van der Waals surface area contributed by atoms with Crippen molar-refractivity contribution >= 4 is 28.3 Å². The van der Waals surface area contributed by atoms with Gasteiger partial charge in [0, 0.05) is 48.2 Å². The molecule has 2 aliphatic rings. The van der Waals surface area contributed by atoms with Crippen molar-refractivity contribution in [3.8, 4) is 23.0 Å². The minimum Gasteiger partial charge on any atom is -0.493 e. The van der Waals surface area contributed by atoms with Gasteiger partial charge < -0.3 is 24.8 Å². The maximum atomic E-state index is 15.3. The summed E-state index contributed by atoms with van der Waals surface area (Å²) in [6.07, 6.45) is 8.98. The van der Waals surface area contributed by atoms with Gasteiger partial charge in [0.25, 0.3) is 5.91 Å². The van der Waals surface area contributed by atoms with Gasteiger partial charge in [-0.3, -0.25) is 14.5 Å². The number of hydrogen-bond acceptors (Lipinski definition) is 7. The number of carbonyl (C=O) groups is 1. The molecule has 0 spiro atoms. The van der Waals surface area contributed by atoms with Crippen molar-refractivity contribution in [1.29, 1.82) is 0 Å². The second-order valence-electron chi connectivity index (χ2n) is 12.4. The van der Waals surface area contributed by atoms with E-state index in [0.717, 1.165) is 18.8 Å². The summed E-state index contributed by atoms with van der Waals surface area (Å²) in [5.74, 6) is 3.18. The highest BCUT2D eigenvalue weighted by atomic mass is 19.1. The summed E-state index contributed by atoms with van der Waals surface area (Å²) in [6, 6.07) is 9.70. The van der Waals surface area contributed by atoms with Gasteiger partial charge in [0.2, 0.25) is 0 Å². The van der Waals surface area contributed by atoms with Crippen molar-refractivity contribution in [2.24, 2.45) is 24.8 Å². The summed E-state index contributed by atoms with van der Waals surface area (Å²) in [5.41, 5.74) is 1.22. The molecule has 6 rings (SSSR count). The van der Waals surface area contributed by atoms with Crippen molar-refractivity contribution < 1.29 is 23.4 Å². The fraction of sp³-hybridized carbons (Fsp3) is 0.424. The molecule has 2 bridgehead atoms. The lowest BCUT2D eigenvalue weighted by Gasteiger charge is -2.47. The number of methoxy groups -OCH3 is 2. The van der Waals surface area contributed by atoms with E-state index in [1.807, 2.05) is 0 Å². The van der Waals surface area contributed by atoms with Crippen LogP contribution in [0.15, 0.2) is 48.8 Å². The summed E-state index contributed by atoms with van der Waals surface area (Å²) in [5, 5.41) is 11.6. The van der Waals surface area contributed by atoms with Crippen LogP contribution in [0.5, 0.6) is 23.0 Å². The summed E-state index contributed by atoms with van der Waals surface area (Å²) in [4.78, 5) is 17.9. The smallest absolute Gasteiger partial charge is 0.257 e. The average molecular weight is 588 g/mol. The fourth-order valence-electron chi connectivity index (χ4n) is 7.23. The number of nitrogens with one attached hydrogen (secondary N) is 2. The van der Waals surface area contributed by atoms with Gasteiger partial charge in [0.05, 0.1) is 19.7 Å². The zero-order chi connectivity index (χ0) is 30.3. The largest absolute Gasteiger partial charge is 0.493 e. The van der Waals surface area contributed by atoms with E-state index in [1.54, 1.807) is 62.6 Å². The van der Waals surface area contributed by atoms with Gasteiger partial charge in [-0.2, -0.15) is 5.10 Å². The number of carbonyl (C=O) groups excluding carboxylic acids is 1. The van der Waals surface area contributed by atoms with Gasteiger partial charge in [-0.1, -0.05) is 6.92 Å². The van der Waals surface area contributed by atoms with Gasteiger partial charge >= 0.3 is 0 Å². The molecule has 2 aliphatic carbocycles. The number of pyridine rings is 1. The molecule has 2 atom stereocenters. The molecule has 2 aromatic heterocycles. The number of rotatable bonds is 8. The highest BCUT2D eigenvalue weighted by molar-refractivity contribution is 5.99. The van der Waals surface area contributed by atoms with Crippen LogP contribution in [0.4, 0.5) is 15.9 Å². The standard InChI is InChI=1S/C33H38FN5O4/c1-19-10-20-12-21(11-19)17-33(2,16-20)37-32(40)24-18-39(3)38-31(24)36-22-6-7-28(25(34)13-22)43-27-8-9-35-26-15-30(42-5)29(41-4)14-23(26)27/h6-9,13-15,18-21H,10-12,16-17H2,1-5H3,(H,36,38)(H,37,40). The normalized spacial score (nSPS) is 23.1. The Kier molecular flexibility index (Phi) is 7.62. The molecule has 1 amide bonds. The van der Waals surface area contributed by atoms with Gasteiger partial charge in [-0.25, -0.2) is 4.39 Å². The molecule has 2 unspecified atom stereocenters. The van der Waals surface area contributed by atoms with Crippen LogP contribution in [0.1, 0.15) is 56.3 Å². The molecule has 4 aromatic rings. The number of hydrogen-bond donors (Lipinski definition) is 2. The summed E-state index contributed by atoms with van der Waals surface area (Å²) < 4.78 is 33.7. The third kappa shape index (κ3) is 5.96. The number of benzene rings is 2. The van der Waals surface area contributed by atoms with E-state index in [0.29, 0.717) is 57.1 Å². The van der Waals surface area contributed by atoms with Crippen LogP contribution in [0, 0.1) is 23.6 Å². The number of amides is 1. The minimum atomic E-state index is -0.576. The van der Waals surface area contributed by atoms with Gasteiger partial charge in [0.1, 0.15) is 11.3 Å². The lowest BCUT2D eigenvalue weighted by atomic mass is 9.62. The van der Waals surface area contributed by atoms with Crippen molar-refractivity contribution in [2.75, 3.05) is 19.5 Å². The molecule has 10 heteroatoms. The fourth-order valence-corrected chi connectivity index (χ4v) is 7.23. The lowest BCUT2D eigenvalue weighted by Crippen LogP contribution is -2.52. The summed E-state index contributed by atoms with van der Waals surface area (Å²) >= 11 is 0. The quantitative estimate of drug-likeness (QED) is 0.229. The number of aromatic nitrogens is 3. The van der Waals surface area contributed by atoms with E-state index in [4.69, 9.17) is 14.2 Å². The van der Waals surface area contributed by atoms with Crippen LogP contribution < -0.4 is 24.8 Å². The molecule has 43 heavy (non-hydrogen) atoms. The molecular weight excluding hydrogens is 549 g/mol. The maximum Gasteiger partial charge on any atom is 0.257 e. The van der Waals surface area contributed by atoms with Crippen LogP contribution in [0.2, 0.25) is 0 Å². The second kappa shape index (κ2) is 11.4. The van der Waals surface area contributed by atoms with E-state index in [1.165, 1.54) is 31.4 Å². The van der Waals surface area contributed by atoms with Crippen LogP contribution in [0.25, 0.3) is 10.9 Å². The Morgan fingerprint density at radius 3 is 2.42 bits per heavy atom. The molecule has 226 valence electrons. The molecular formula is C33H38FN5O4. The number of halogens is 1. The maximum absolute atomic E-state index is 15.3. The third-order valence-electron chi connectivity index (χ3n) is 8.73. The molecule has 2 aromatic carbocycles. The molecule has 0 saturated heterocycles. The number of anilines is 2. The minimum absolute atomic E-state index is 0.0388. The molecule has 0 aliphatic heterocycles. The Bertz CT molecular complexity index is 1650. The van der Waals surface area contributed by atoms with E-state index < -0.39 is 5.82 Å². The predicted octanol–water partition coefficient (Wildman–Crippen LogP) is 7.00. The van der Waals surface area contributed by atoms with Crippen LogP contribution in [-0.4, -0.2) is 40.4 Å². The second-order valence-corrected chi connectivity index (χ2v) is 12.4. The Morgan fingerprint density at radius 2 is 1.72 bits per heavy atom. The lowest BCUT2D eigenvalue weighted by molar-refractivity contribution is 0.0616. The van der Waals surface area contributed by atoms with Crippen molar-refractivity contribution in [3.63, 3.8) is 0 Å². The van der Waals surface area contributed by atoms with Crippen molar-refractivity contribution in [2.45, 2.75) is 51.5 Å². The predicted molar refractivity (Wildman–Crippen MR) is 163 cm³/mol. The zero-order valence-electron chi connectivity index (χ0n) is 25.2. The SMILES string of the molecule is COc1cc2nccc(Oc3ccc(Nc4nn(C)cc4C(=O)NC4(C)CC5CC(C)CC(C5)C4)cc3F)c2cc1OC. The van der Waals surface area contributed by atoms with Crippen molar-refractivity contribution in [1.82, 2.24) is 20.1 Å². The van der Waals surface area contributed by atoms with Crippen LogP contribution in [-0.2, 0) is 7.05 Å². The number of aryl methyl sites for hydroxylation is 1. The van der Waals surface area contributed by atoms with Gasteiger partial charge in [-0.15, -0.1) is 0 Å². The molecule has 2 fully saturated rings. The number of nitrogens with zero attached hydrogens (tertiary/aromatic N) is 3. The first kappa shape index (κ1) is 28.8. The van der Waals surface area contributed by atoms with Crippen LogP contribution >= 0.6 is 0 Å². The molecule has 2 saturated carbocycles. The monoisotopic (exact) mass is 587 g/mol. The van der Waals surface area contributed by atoms with E-state index in [9.17, 15) is 4.79 Å². The Balaban J connectivity index is 1.19. The summed E-state index contributed by atoms with van der Waals surface area (Å²) in [6.45, 7) is 4.50. The molecule has 2 N–H and O–H groups in total. The Labute approximate surface area is 250 Å². The highest BCUT2D eigenvalue weighted by Crippen LogP contribution is 2.46. The van der Waals surface area contributed by atoms with E-state index in [2.05, 4.69) is 34.6 Å². The Hall–Kier alpha value is -4.34. The molecule has 9 nitrogen and oxygen atoms in total. The average Bonchev–Trinajstić information content (AvgIpc) is 3.32. The Morgan fingerprint density at radius 1 is 1.00 bits per heavy atom. The highest BCUT2D eigenvalue weighted by Gasteiger charge is 2.42. The first-order valence-electron chi connectivity index (χ1n) is 14.7. The van der Waals surface area contributed by atoms with Crippen LogP contribution in [0.3, 0.4) is 0 Å². The molecule has 2 heterocycles. The van der Waals surface area contributed by atoms with Gasteiger partial charge in [0.15, 0.2) is 28.9 Å². The zero-order valence-corrected chi connectivity index (χ0v) is 25.2. The van der Waals surface area contributed by atoms with Gasteiger partial charge in [-0.05, 0) is 81.0 Å². The number of fused-ring (bicyclic) bond motifs is 3. The van der Waals surface area contributed by atoms with E-state index in [-0.39, 0.29) is 17.2 Å². The molecule has 0 radical (unpaired) electrons. The third-order valence-corrected chi connectivity index (χ3v) is 8.73. The number of ether oxygens (including phenoxy) is 3. The van der Waals surface area contributed by atoms with Crippen molar-refractivity contribution in [3.05, 3.63) is 60.2 Å². The first-order chi connectivity index (χ1) is 20.6. The van der Waals surface area contributed by atoms with E-state index >= 15 is 4.39 Å².